The third kappa shape index (κ3) is 6.69. The number of amides is 1. The summed E-state index contributed by atoms with van der Waals surface area (Å²) in [6.07, 6.45) is 6.36. The van der Waals surface area contributed by atoms with Crippen LogP contribution in [0.5, 0.6) is 5.75 Å². The molecule has 5 rings (SSSR count). The number of rotatable bonds is 10. The van der Waals surface area contributed by atoms with E-state index < -0.39 is 0 Å². The zero-order valence-electron chi connectivity index (χ0n) is 21.7. The number of hydrogen-bond acceptors (Lipinski definition) is 4. The van der Waals surface area contributed by atoms with Crippen molar-refractivity contribution in [2.45, 2.75) is 44.8 Å². The maximum Gasteiger partial charge on any atom is 0.223 e. The molecule has 1 amide bonds. The number of carbonyl (C=O) groups excluding carboxylic acids is 1. The van der Waals surface area contributed by atoms with Gasteiger partial charge in [-0.2, -0.15) is 0 Å². The normalized spacial score (nSPS) is 18.0. The Balaban J connectivity index is 1.29. The topological polar surface area (TPSA) is 93.0 Å². The van der Waals surface area contributed by atoms with Crippen LogP contribution < -0.4 is 15.8 Å². The molecule has 1 atom stereocenters. The first kappa shape index (κ1) is 25.7. The summed E-state index contributed by atoms with van der Waals surface area (Å²) in [4.78, 5) is 21.5. The summed E-state index contributed by atoms with van der Waals surface area (Å²) in [5.74, 6) is 2.25. The zero-order chi connectivity index (χ0) is 26.2. The second-order valence-electron chi connectivity index (χ2n) is 10.2. The number of nitrogens with one attached hydrogen (secondary N) is 2. The van der Waals surface area contributed by atoms with Gasteiger partial charge in [0.25, 0.3) is 0 Å². The quantitative estimate of drug-likeness (QED) is 0.252. The molecule has 0 saturated heterocycles. The van der Waals surface area contributed by atoms with Crippen LogP contribution in [0, 0.1) is 11.8 Å². The van der Waals surface area contributed by atoms with Crippen LogP contribution in [0.4, 0.5) is 0 Å². The molecule has 38 heavy (non-hydrogen) atoms. The number of benzene rings is 3. The monoisotopic (exact) mass is 508 g/mol. The third-order valence-electron chi connectivity index (χ3n) is 7.48. The lowest BCUT2D eigenvalue weighted by Crippen LogP contribution is -2.37. The van der Waals surface area contributed by atoms with E-state index in [0.29, 0.717) is 25.5 Å². The fourth-order valence-electron chi connectivity index (χ4n) is 5.14. The lowest BCUT2D eigenvalue weighted by atomic mass is 9.81. The predicted octanol–water partition coefficient (Wildman–Crippen LogP) is 5.82. The summed E-state index contributed by atoms with van der Waals surface area (Å²) in [6.45, 7) is 1.23. The van der Waals surface area contributed by atoms with Gasteiger partial charge in [-0.05, 0) is 67.8 Å². The third-order valence-corrected chi connectivity index (χ3v) is 7.48. The van der Waals surface area contributed by atoms with Crippen LogP contribution in [0.2, 0.25) is 0 Å². The van der Waals surface area contributed by atoms with E-state index in [1.807, 2.05) is 66.9 Å². The summed E-state index contributed by atoms with van der Waals surface area (Å²) in [5.41, 5.74) is 10.0. The van der Waals surface area contributed by atoms with E-state index >= 15 is 0 Å². The fraction of sp³-hybridized carbons (Fsp3) is 0.312. The number of carbonyl (C=O) groups is 1. The molecule has 1 aromatic heterocycles. The van der Waals surface area contributed by atoms with Crippen LogP contribution in [0.15, 0.2) is 91.1 Å². The van der Waals surface area contributed by atoms with Crippen molar-refractivity contribution in [2.24, 2.45) is 17.6 Å². The first-order valence-corrected chi connectivity index (χ1v) is 13.5. The molecule has 1 fully saturated rings. The average Bonchev–Trinajstić information content (AvgIpc) is 3.48. The minimum atomic E-state index is -0.261. The predicted molar refractivity (Wildman–Crippen MR) is 150 cm³/mol. The van der Waals surface area contributed by atoms with E-state index in [9.17, 15) is 4.79 Å². The second-order valence-corrected chi connectivity index (χ2v) is 10.2. The number of H-pyrrole nitrogens is 1. The SMILES string of the molecule is NCC1CCC(C(=O)NC(Cc2ccc(OCc3ccccc3)cc2)c2nc(-c3ccccc3)c[nH]2)CC1. The van der Waals surface area contributed by atoms with Gasteiger partial charge in [0.15, 0.2) is 0 Å². The van der Waals surface area contributed by atoms with Crippen LogP contribution in [0.25, 0.3) is 11.3 Å². The van der Waals surface area contributed by atoms with Gasteiger partial charge in [-0.3, -0.25) is 4.79 Å². The Bertz CT molecular complexity index is 1280. The standard InChI is InChI=1S/C32H36N4O2/c33-20-24-11-15-27(16-12-24)32(37)36-29(31-34-21-30(35-31)26-9-5-2-6-10-26)19-23-13-17-28(18-14-23)38-22-25-7-3-1-4-8-25/h1-10,13-14,17-18,21,24,27,29H,11-12,15-16,19-20,22,33H2,(H,34,35)(H,36,37). The Morgan fingerprint density at radius 2 is 1.61 bits per heavy atom. The van der Waals surface area contributed by atoms with Crippen molar-refractivity contribution in [1.29, 1.82) is 0 Å². The second kappa shape index (κ2) is 12.6. The molecule has 0 aliphatic heterocycles. The Hall–Kier alpha value is -3.90. The zero-order valence-corrected chi connectivity index (χ0v) is 21.7. The molecule has 4 aromatic rings. The van der Waals surface area contributed by atoms with Crippen LogP contribution in [-0.4, -0.2) is 22.4 Å². The number of nitrogens with zero attached hydrogens (tertiary/aromatic N) is 1. The molecule has 1 aliphatic carbocycles. The highest BCUT2D eigenvalue weighted by molar-refractivity contribution is 5.79. The summed E-state index contributed by atoms with van der Waals surface area (Å²) in [7, 11) is 0. The summed E-state index contributed by atoms with van der Waals surface area (Å²) >= 11 is 0. The van der Waals surface area contributed by atoms with Gasteiger partial charge in [0.2, 0.25) is 5.91 Å². The largest absolute Gasteiger partial charge is 0.489 e. The van der Waals surface area contributed by atoms with Gasteiger partial charge in [0, 0.05) is 17.7 Å². The summed E-state index contributed by atoms with van der Waals surface area (Å²) < 4.78 is 5.95. The first-order valence-electron chi connectivity index (χ1n) is 13.5. The number of aromatic amines is 1. The Morgan fingerprint density at radius 1 is 0.921 bits per heavy atom. The molecule has 0 spiro atoms. The maximum absolute atomic E-state index is 13.3. The Kier molecular flexibility index (Phi) is 8.51. The van der Waals surface area contributed by atoms with E-state index in [4.69, 9.17) is 15.5 Å². The van der Waals surface area contributed by atoms with E-state index in [1.165, 1.54) is 0 Å². The fourth-order valence-corrected chi connectivity index (χ4v) is 5.14. The molecule has 196 valence electrons. The number of hydrogen-bond donors (Lipinski definition) is 3. The molecule has 0 radical (unpaired) electrons. The van der Waals surface area contributed by atoms with Gasteiger partial charge in [0.1, 0.15) is 18.2 Å². The van der Waals surface area contributed by atoms with Gasteiger partial charge < -0.3 is 20.8 Å². The minimum absolute atomic E-state index is 0.0256. The molecule has 4 N–H and O–H groups in total. The Morgan fingerprint density at radius 3 is 2.29 bits per heavy atom. The van der Waals surface area contributed by atoms with Crippen molar-refractivity contribution in [3.05, 3.63) is 108 Å². The highest BCUT2D eigenvalue weighted by Crippen LogP contribution is 2.30. The molecule has 1 saturated carbocycles. The first-order chi connectivity index (χ1) is 18.7. The van der Waals surface area contributed by atoms with E-state index in [-0.39, 0.29) is 17.9 Å². The van der Waals surface area contributed by atoms with Gasteiger partial charge in [-0.15, -0.1) is 0 Å². The van der Waals surface area contributed by atoms with Gasteiger partial charge in [0.05, 0.1) is 11.7 Å². The molecule has 6 nitrogen and oxygen atoms in total. The van der Waals surface area contributed by atoms with Crippen molar-refractivity contribution in [3.63, 3.8) is 0 Å². The average molecular weight is 509 g/mol. The van der Waals surface area contributed by atoms with Crippen LogP contribution in [0.3, 0.4) is 0 Å². The van der Waals surface area contributed by atoms with E-state index in [0.717, 1.165) is 59.6 Å². The number of nitrogens with two attached hydrogens (primary N) is 1. The smallest absolute Gasteiger partial charge is 0.223 e. The molecule has 1 unspecified atom stereocenters. The van der Waals surface area contributed by atoms with Crippen LogP contribution in [-0.2, 0) is 17.8 Å². The molecular formula is C32H36N4O2. The molecular weight excluding hydrogens is 472 g/mol. The lowest BCUT2D eigenvalue weighted by Gasteiger charge is -2.28. The number of imidazole rings is 1. The van der Waals surface area contributed by atoms with Crippen molar-refractivity contribution in [1.82, 2.24) is 15.3 Å². The van der Waals surface area contributed by atoms with Crippen LogP contribution in [0.1, 0.15) is 48.7 Å². The van der Waals surface area contributed by atoms with Gasteiger partial charge in [-0.1, -0.05) is 72.8 Å². The van der Waals surface area contributed by atoms with E-state index in [2.05, 4.69) is 34.6 Å². The highest BCUT2D eigenvalue weighted by atomic mass is 16.5. The van der Waals surface area contributed by atoms with Gasteiger partial charge in [-0.25, -0.2) is 4.98 Å². The summed E-state index contributed by atoms with van der Waals surface area (Å²) in [5, 5.41) is 3.32. The van der Waals surface area contributed by atoms with Crippen molar-refractivity contribution < 1.29 is 9.53 Å². The summed E-state index contributed by atoms with van der Waals surface area (Å²) in [6, 6.07) is 28.0. The molecule has 1 aliphatic rings. The number of aromatic nitrogens is 2. The van der Waals surface area contributed by atoms with Gasteiger partial charge >= 0.3 is 0 Å². The highest BCUT2D eigenvalue weighted by Gasteiger charge is 2.28. The maximum atomic E-state index is 13.3. The minimum Gasteiger partial charge on any atom is -0.489 e. The van der Waals surface area contributed by atoms with Crippen molar-refractivity contribution >= 4 is 5.91 Å². The Labute approximate surface area is 224 Å². The molecule has 0 bridgehead atoms. The number of ether oxygens (including phenoxy) is 1. The lowest BCUT2D eigenvalue weighted by molar-refractivity contribution is -0.127. The molecule has 6 heteroatoms. The van der Waals surface area contributed by atoms with Crippen LogP contribution >= 0.6 is 0 Å². The van der Waals surface area contributed by atoms with Crippen molar-refractivity contribution in [3.8, 4) is 17.0 Å². The van der Waals surface area contributed by atoms with Crippen molar-refractivity contribution in [2.75, 3.05) is 6.54 Å². The molecule has 3 aromatic carbocycles. The van der Waals surface area contributed by atoms with E-state index in [1.54, 1.807) is 0 Å². The molecule has 1 heterocycles.